The number of carbonyl (C=O) groups is 1. The smallest absolute Gasteiger partial charge is 0.322 e. The molecule has 0 unspecified atom stereocenters. The number of aryl methyl sites for hydroxylation is 3. The molecule has 3 heterocycles. The molecule has 0 saturated carbocycles. The minimum Gasteiger partial charge on any atom is -0.424 e. The maximum Gasteiger partial charge on any atom is 0.322 e. The lowest BCUT2D eigenvalue weighted by atomic mass is 9.96. The van der Waals surface area contributed by atoms with E-state index in [1.54, 1.807) is 6.20 Å². The van der Waals surface area contributed by atoms with Crippen LogP contribution in [0.25, 0.3) is 33.4 Å². The topological polar surface area (TPSA) is 121 Å². The molecule has 0 aliphatic rings. The highest BCUT2D eigenvalue weighted by atomic mass is 16.5. The van der Waals surface area contributed by atoms with Crippen LogP contribution >= 0.6 is 0 Å². The molecule has 0 bridgehead atoms. The van der Waals surface area contributed by atoms with Gasteiger partial charge in [-0.25, -0.2) is 19.9 Å². The number of hydrogen-bond acceptors (Lipinski definition) is 7. The quantitative estimate of drug-likeness (QED) is 0.313. The minimum absolute atomic E-state index is 0.265. The van der Waals surface area contributed by atoms with Crippen LogP contribution in [-0.2, 0) is 11.8 Å². The molecule has 0 aliphatic carbocycles. The molecule has 37 heavy (non-hydrogen) atoms. The zero-order valence-electron chi connectivity index (χ0n) is 20.7. The first kappa shape index (κ1) is 23.7. The number of nitrogens with one attached hydrogen (secondary N) is 1. The van der Waals surface area contributed by atoms with Crippen LogP contribution < -0.4 is 15.8 Å². The molecule has 9 nitrogen and oxygen atoms in total. The number of amides is 1. The Morgan fingerprint density at radius 2 is 1.86 bits per heavy atom. The first-order chi connectivity index (χ1) is 17.9. The van der Waals surface area contributed by atoms with Gasteiger partial charge in [0.1, 0.15) is 23.5 Å². The van der Waals surface area contributed by atoms with Gasteiger partial charge in [-0.3, -0.25) is 4.79 Å². The Kier molecular flexibility index (Phi) is 6.10. The Morgan fingerprint density at radius 1 is 1.08 bits per heavy atom. The highest BCUT2D eigenvalue weighted by molar-refractivity contribution is 6.08. The van der Waals surface area contributed by atoms with Crippen LogP contribution in [0.4, 0.5) is 11.5 Å². The molecular weight excluding hydrogens is 466 g/mol. The Morgan fingerprint density at radius 3 is 2.57 bits per heavy atom. The molecule has 0 spiro atoms. The third-order valence-electron chi connectivity index (χ3n) is 6.06. The first-order valence-electron chi connectivity index (χ1n) is 11.6. The maximum absolute atomic E-state index is 11.8. The number of anilines is 2. The van der Waals surface area contributed by atoms with E-state index in [1.807, 2.05) is 74.0 Å². The number of aromatic nitrogens is 5. The van der Waals surface area contributed by atoms with Crippen molar-refractivity contribution >= 4 is 28.4 Å². The zero-order chi connectivity index (χ0) is 26.1. The summed E-state index contributed by atoms with van der Waals surface area (Å²) in [5.74, 6) is 0.737. The Balaban J connectivity index is 1.63. The van der Waals surface area contributed by atoms with Crippen LogP contribution in [0, 0.1) is 13.8 Å². The third kappa shape index (κ3) is 4.50. The lowest BCUT2D eigenvalue weighted by Gasteiger charge is -2.13. The van der Waals surface area contributed by atoms with E-state index in [1.165, 1.54) is 12.4 Å². The fraction of sp³-hybridized carbons (Fsp3) is 0.107. The number of rotatable bonds is 6. The van der Waals surface area contributed by atoms with Crippen molar-refractivity contribution in [2.45, 2.75) is 13.8 Å². The van der Waals surface area contributed by atoms with Gasteiger partial charge in [-0.15, -0.1) is 0 Å². The van der Waals surface area contributed by atoms with Gasteiger partial charge in [0.2, 0.25) is 5.91 Å². The summed E-state index contributed by atoms with van der Waals surface area (Å²) in [7, 11) is 1.95. The van der Waals surface area contributed by atoms with Crippen LogP contribution in [0.3, 0.4) is 0 Å². The van der Waals surface area contributed by atoms with Crippen molar-refractivity contribution in [2.24, 2.45) is 7.05 Å². The summed E-state index contributed by atoms with van der Waals surface area (Å²) < 4.78 is 7.85. The van der Waals surface area contributed by atoms with E-state index in [9.17, 15) is 4.79 Å². The van der Waals surface area contributed by atoms with Crippen molar-refractivity contribution in [1.29, 1.82) is 0 Å². The van der Waals surface area contributed by atoms with Gasteiger partial charge in [0.05, 0.1) is 11.1 Å². The van der Waals surface area contributed by atoms with E-state index in [-0.39, 0.29) is 11.9 Å². The molecule has 0 radical (unpaired) electrons. The highest BCUT2D eigenvalue weighted by Gasteiger charge is 2.23. The van der Waals surface area contributed by atoms with Gasteiger partial charge >= 0.3 is 6.01 Å². The number of hydrogen-bond donors (Lipinski definition) is 2. The van der Waals surface area contributed by atoms with Gasteiger partial charge in [-0.2, -0.15) is 0 Å². The monoisotopic (exact) mass is 491 g/mol. The normalized spacial score (nSPS) is 10.9. The summed E-state index contributed by atoms with van der Waals surface area (Å²) in [4.78, 5) is 29.0. The van der Waals surface area contributed by atoms with Crippen molar-refractivity contribution in [3.05, 3.63) is 85.0 Å². The average Bonchev–Trinajstić information content (AvgIpc) is 3.18. The maximum atomic E-state index is 11.8. The molecule has 9 heteroatoms. The number of nitrogen functional groups attached to an aromatic ring is 1. The van der Waals surface area contributed by atoms with Crippen LogP contribution in [0.1, 0.15) is 11.3 Å². The largest absolute Gasteiger partial charge is 0.424 e. The van der Waals surface area contributed by atoms with E-state index >= 15 is 0 Å². The predicted octanol–water partition coefficient (Wildman–Crippen LogP) is 5.21. The molecule has 3 aromatic heterocycles. The number of nitrogens with two attached hydrogens (primary N) is 1. The van der Waals surface area contributed by atoms with Gasteiger partial charge in [0.15, 0.2) is 0 Å². The summed E-state index contributed by atoms with van der Waals surface area (Å²) in [6, 6.07) is 15.5. The van der Waals surface area contributed by atoms with Gasteiger partial charge in [-0.1, -0.05) is 24.8 Å². The second-order valence-corrected chi connectivity index (χ2v) is 8.57. The molecule has 1 amide bonds. The van der Waals surface area contributed by atoms with Crippen LogP contribution in [0.5, 0.6) is 11.8 Å². The highest BCUT2D eigenvalue weighted by Crippen LogP contribution is 2.43. The van der Waals surface area contributed by atoms with E-state index in [0.717, 1.165) is 44.7 Å². The second-order valence-electron chi connectivity index (χ2n) is 8.57. The Hall–Kier alpha value is -5.05. The van der Waals surface area contributed by atoms with Crippen molar-refractivity contribution < 1.29 is 9.53 Å². The fourth-order valence-corrected chi connectivity index (χ4v) is 4.34. The zero-order valence-corrected chi connectivity index (χ0v) is 20.7. The summed E-state index contributed by atoms with van der Waals surface area (Å²) >= 11 is 0. The number of nitrogens with zero attached hydrogens (tertiary/aromatic N) is 5. The SMILES string of the molecule is C=CC(=O)Nc1ccc(-c2c(-c3ccc(Oc4nccc(C)n4)cc3)c3c(N)ncnc3n2C)c(C)c1. The molecule has 2 aromatic carbocycles. The minimum atomic E-state index is -0.265. The number of carbonyl (C=O) groups excluding carboxylic acids is 1. The fourth-order valence-electron chi connectivity index (χ4n) is 4.34. The summed E-state index contributed by atoms with van der Waals surface area (Å²) in [5, 5.41) is 3.57. The Labute approximate surface area is 213 Å². The summed E-state index contributed by atoms with van der Waals surface area (Å²) in [5.41, 5.74) is 13.3. The molecule has 0 aliphatic heterocycles. The molecule has 0 fully saturated rings. The molecule has 0 atom stereocenters. The summed E-state index contributed by atoms with van der Waals surface area (Å²) in [6.45, 7) is 7.39. The molecule has 3 N–H and O–H groups in total. The first-order valence-corrected chi connectivity index (χ1v) is 11.6. The summed E-state index contributed by atoms with van der Waals surface area (Å²) in [6.07, 6.45) is 4.36. The van der Waals surface area contributed by atoms with Crippen molar-refractivity contribution in [2.75, 3.05) is 11.1 Å². The van der Waals surface area contributed by atoms with Crippen LogP contribution in [0.2, 0.25) is 0 Å². The van der Waals surface area contributed by atoms with Gasteiger partial charge in [0.25, 0.3) is 0 Å². The second kappa shape index (κ2) is 9.54. The van der Waals surface area contributed by atoms with E-state index < -0.39 is 0 Å². The van der Waals surface area contributed by atoms with E-state index in [0.29, 0.717) is 17.3 Å². The van der Waals surface area contributed by atoms with Crippen molar-refractivity contribution in [3.8, 4) is 34.1 Å². The lowest BCUT2D eigenvalue weighted by Crippen LogP contribution is -2.07. The number of ether oxygens (including phenoxy) is 1. The number of benzene rings is 2. The van der Waals surface area contributed by atoms with Crippen molar-refractivity contribution in [1.82, 2.24) is 24.5 Å². The molecule has 0 saturated heterocycles. The Bertz CT molecular complexity index is 1660. The van der Waals surface area contributed by atoms with E-state index in [2.05, 4.69) is 31.8 Å². The van der Waals surface area contributed by atoms with Crippen LogP contribution in [-0.4, -0.2) is 30.4 Å². The lowest BCUT2D eigenvalue weighted by molar-refractivity contribution is -0.111. The standard InChI is InChI=1S/C28H25N7O2/c1-5-22(36)34-19-8-11-21(16(2)14-19)25-23(24-26(29)31-15-32-27(24)35(25)4)18-6-9-20(10-7-18)37-28-30-13-12-17(3)33-28/h5-15H,1H2,2-4H3,(H,34,36)(H2,29,31,32). The molecular formula is C28H25N7O2. The van der Waals surface area contributed by atoms with E-state index in [4.69, 9.17) is 10.5 Å². The molecule has 184 valence electrons. The number of fused-ring (bicyclic) bond motifs is 1. The van der Waals surface area contributed by atoms with Crippen molar-refractivity contribution in [3.63, 3.8) is 0 Å². The van der Waals surface area contributed by atoms with Gasteiger partial charge in [-0.05, 0) is 61.4 Å². The van der Waals surface area contributed by atoms with Gasteiger partial charge < -0.3 is 20.4 Å². The predicted molar refractivity (Wildman–Crippen MR) is 144 cm³/mol. The van der Waals surface area contributed by atoms with Crippen LogP contribution in [0.15, 0.2) is 73.7 Å². The molecule has 5 rings (SSSR count). The average molecular weight is 492 g/mol. The molecule has 5 aromatic rings. The third-order valence-corrected chi connectivity index (χ3v) is 6.06. The van der Waals surface area contributed by atoms with Gasteiger partial charge in [0, 0.05) is 35.8 Å².